The first-order valence-electron chi connectivity index (χ1n) is 8.66. The zero-order valence-electron chi connectivity index (χ0n) is 12.9. The molecule has 2 rings (SSSR count). The molecule has 0 unspecified atom stereocenters. The second-order valence-electron chi connectivity index (χ2n) is 6.24. The van der Waals surface area contributed by atoms with Crippen LogP contribution in [0.4, 0.5) is 0 Å². The maximum absolute atomic E-state index is 2.28. The van der Waals surface area contributed by atoms with E-state index in [0.717, 1.165) is 5.66 Å². The molecule has 1 aromatic carbocycles. The van der Waals surface area contributed by atoms with Crippen LogP contribution < -0.4 is 0 Å². The Labute approximate surface area is 127 Å². The van der Waals surface area contributed by atoms with E-state index in [4.69, 9.17) is 0 Å². The highest BCUT2D eigenvalue weighted by molar-refractivity contribution is 7.38. The lowest BCUT2D eigenvalue weighted by Crippen LogP contribution is -2.02. The summed E-state index contributed by atoms with van der Waals surface area (Å²) in [7, 11) is 1.67. The molecule has 0 saturated heterocycles. The van der Waals surface area contributed by atoms with Crippen molar-refractivity contribution in [1.29, 1.82) is 0 Å². The molecular weight excluding hydrogens is 259 g/mol. The van der Waals surface area contributed by atoms with Crippen LogP contribution in [0.5, 0.6) is 0 Å². The van der Waals surface area contributed by atoms with E-state index in [9.17, 15) is 0 Å². The van der Waals surface area contributed by atoms with Crippen LogP contribution in [0, 0.1) is 0 Å². The molecule has 0 N–H and O–H groups in total. The Morgan fingerprint density at radius 2 is 1.20 bits per heavy atom. The van der Waals surface area contributed by atoms with E-state index in [-0.39, 0.29) is 0 Å². The third-order valence-corrected chi connectivity index (χ3v) is 6.03. The maximum atomic E-state index is 2.28. The summed E-state index contributed by atoms with van der Waals surface area (Å²) in [6.45, 7) is 0. The smallest absolute Gasteiger partial charge is 0.00316 e. The Bertz CT molecular complexity index is 321. The van der Waals surface area contributed by atoms with Crippen molar-refractivity contribution in [2.45, 2.75) is 82.4 Å². The van der Waals surface area contributed by atoms with Gasteiger partial charge in [0.2, 0.25) is 0 Å². The summed E-state index contributed by atoms with van der Waals surface area (Å²) in [4.78, 5) is 0. The van der Waals surface area contributed by atoms with Crippen LogP contribution in [0.25, 0.3) is 0 Å². The van der Waals surface area contributed by atoms with Gasteiger partial charge in [-0.2, -0.15) is 0 Å². The Kier molecular flexibility index (Phi) is 8.32. The van der Waals surface area contributed by atoms with Gasteiger partial charge in [-0.1, -0.05) is 96.7 Å². The normalized spacial score (nSPS) is 20.6. The molecule has 111 valence electrons. The minimum Gasteiger partial charge on any atom is -0.0727 e. The Morgan fingerprint density at radius 3 is 1.75 bits per heavy atom. The molecule has 0 atom stereocenters. The molecule has 1 saturated carbocycles. The highest BCUT2D eigenvalue weighted by Gasteiger charge is 2.10. The van der Waals surface area contributed by atoms with Crippen LogP contribution in [-0.4, -0.2) is 5.66 Å². The second-order valence-corrected chi connectivity index (χ2v) is 7.65. The van der Waals surface area contributed by atoms with Gasteiger partial charge in [-0.3, -0.25) is 0 Å². The molecule has 1 heteroatoms. The molecule has 1 fully saturated rings. The highest BCUT2D eigenvalue weighted by atomic mass is 31.1. The van der Waals surface area contributed by atoms with E-state index in [0.29, 0.717) is 0 Å². The van der Waals surface area contributed by atoms with Gasteiger partial charge in [0.25, 0.3) is 0 Å². The lowest BCUT2D eigenvalue weighted by Gasteiger charge is -2.17. The summed E-state index contributed by atoms with van der Waals surface area (Å²) in [6, 6.07) is 11.0. The van der Waals surface area contributed by atoms with Gasteiger partial charge in [-0.05, 0) is 30.2 Å². The lowest BCUT2D eigenvalue weighted by molar-refractivity contribution is 0.508. The first kappa shape index (κ1) is 16.0. The molecule has 0 heterocycles. The topological polar surface area (TPSA) is 0 Å². The molecule has 1 aliphatic rings. The summed E-state index contributed by atoms with van der Waals surface area (Å²) < 4.78 is 0. The quantitative estimate of drug-likeness (QED) is 0.536. The minimum absolute atomic E-state index is 0.953. The Balaban J connectivity index is 1.74. The molecule has 0 amide bonds. The van der Waals surface area contributed by atoms with Crippen LogP contribution in [-0.2, 0) is 6.16 Å². The van der Waals surface area contributed by atoms with Crippen molar-refractivity contribution in [3.05, 3.63) is 35.9 Å². The molecule has 1 aliphatic carbocycles. The van der Waals surface area contributed by atoms with Gasteiger partial charge >= 0.3 is 0 Å². The fraction of sp³-hybridized carbons (Fsp3) is 0.684. The van der Waals surface area contributed by atoms with Crippen LogP contribution in [0.3, 0.4) is 0 Å². The third kappa shape index (κ3) is 6.89. The van der Waals surface area contributed by atoms with E-state index >= 15 is 0 Å². The van der Waals surface area contributed by atoms with Gasteiger partial charge in [0.1, 0.15) is 0 Å². The van der Waals surface area contributed by atoms with Crippen LogP contribution in [0.15, 0.2) is 30.3 Å². The average Bonchev–Trinajstić information content (AvgIpc) is 2.48. The molecule has 0 nitrogen and oxygen atoms in total. The van der Waals surface area contributed by atoms with E-state index in [1.807, 2.05) is 0 Å². The van der Waals surface area contributed by atoms with Gasteiger partial charge in [0, 0.05) is 0 Å². The molecule has 20 heavy (non-hydrogen) atoms. The van der Waals surface area contributed by atoms with E-state index in [1.165, 1.54) is 82.4 Å². The van der Waals surface area contributed by atoms with E-state index in [1.54, 1.807) is 8.58 Å². The third-order valence-electron chi connectivity index (χ3n) is 4.45. The van der Waals surface area contributed by atoms with Gasteiger partial charge in [0.05, 0.1) is 0 Å². The SMILES string of the molecule is c1ccc(C[P]C2CCCCCCCCCCC2)cc1. The average molecular weight is 289 g/mol. The highest BCUT2D eigenvalue weighted by Crippen LogP contribution is 2.32. The zero-order valence-corrected chi connectivity index (χ0v) is 13.8. The molecule has 1 aromatic rings. The van der Waals surface area contributed by atoms with E-state index < -0.39 is 0 Å². The first-order valence-corrected chi connectivity index (χ1v) is 9.80. The van der Waals surface area contributed by atoms with Crippen molar-refractivity contribution < 1.29 is 0 Å². The number of rotatable bonds is 3. The maximum Gasteiger partial charge on any atom is -0.00316 e. The van der Waals surface area contributed by atoms with Crippen molar-refractivity contribution in [3.8, 4) is 0 Å². The van der Waals surface area contributed by atoms with Crippen molar-refractivity contribution in [2.75, 3.05) is 0 Å². The molecule has 1 radical (unpaired) electrons. The fourth-order valence-corrected chi connectivity index (χ4v) is 4.55. The molecular formula is C19H30P. The second kappa shape index (κ2) is 10.4. The van der Waals surface area contributed by atoms with Gasteiger partial charge in [-0.15, -0.1) is 0 Å². The van der Waals surface area contributed by atoms with Crippen LogP contribution in [0.1, 0.15) is 76.2 Å². The first-order chi connectivity index (χ1) is 9.95. The van der Waals surface area contributed by atoms with Gasteiger partial charge in [0.15, 0.2) is 0 Å². The number of benzene rings is 1. The molecule has 0 spiro atoms. The van der Waals surface area contributed by atoms with E-state index in [2.05, 4.69) is 30.3 Å². The largest absolute Gasteiger partial charge is 0.0727 e. The summed E-state index contributed by atoms with van der Waals surface area (Å²) in [5.74, 6) is 0. The monoisotopic (exact) mass is 289 g/mol. The van der Waals surface area contributed by atoms with Crippen LogP contribution in [0.2, 0.25) is 0 Å². The van der Waals surface area contributed by atoms with Crippen molar-refractivity contribution in [2.24, 2.45) is 0 Å². The van der Waals surface area contributed by atoms with Crippen molar-refractivity contribution in [1.82, 2.24) is 0 Å². The Morgan fingerprint density at radius 1 is 0.700 bits per heavy atom. The number of hydrogen-bond donors (Lipinski definition) is 0. The van der Waals surface area contributed by atoms with Crippen molar-refractivity contribution in [3.63, 3.8) is 0 Å². The standard InChI is InChI=1S/C19H30P/c1-2-4-6-11-15-19(16-12-7-5-3-1)20-17-18-13-9-8-10-14-18/h8-10,13-14,19H,1-7,11-12,15-17H2. The predicted octanol–water partition coefficient (Wildman–Crippen LogP) is 6.81. The summed E-state index contributed by atoms with van der Waals surface area (Å²) >= 11 is 0. The zero-order chi connectivity index (χ0) is 13.9. The predicted molar refractivity (Wildman–Crippen MR) is 91.6 cm³/mol. The fourth-order valence-electron chi connectivity index (χ4n) is 3.14. The van der Waals surface area contributed by atoms with Crippen molar-refractivity contribution >= 4 is 8.58 Å². The van der Waals surface area contributed by atoms with Gasteiger partial charge < -0.3 is 0 Å². The molecule has 0 aliphatic heterocycles. The molecule has 0 bridgehead atoms. The van der Waals surface area contributed by atoms with Gasteiger partial charge in [-0.25, -0.2) is 0 Å². The summed E-state index contributed by atoms with van der Waals surface area (Å²) in [5, 5.41) is 0. The lowest BCUT2D eigenvalue weighted by atomic mass is 10.0. The number of hydrogen-bond acceptors (Lipinski definition) is 0. The Hall–Kier alpha value is -0.350. The minimum atomic E-state index is 0.953. The molecule has 0 aromatic heterocycles. The summed E-state index contributed by atoms with van der Waals surface area (Å²) in [6.07, 6.45) is 17.4. The summed E-state index contributed by atoms with van der Waals surface area (Å²) in [5.41, 5.74) is 2.47. The van der Waals surface area contributed by atoms with Crippen LogP contribution >= 0.6 is 8.58 Å².